The number of carbonyl (C=O) groups is 1. The van der Waals surface area contributed by atoms with Gasteiger partial charge in [-0.25, -0.2) is 0 Å². The van der Waals surface area contributed by atoms with Gasteiger partial charge >= 0.3 is 0 Å². The summed E-state index contributed by atoms with van der Waals surface area (Å²) < 4.78 is 11.4. The molecule has 0 aliphatic rings. The van der Waals surface area contributed by atoms with Crippen LogP contribution in [0.3, 0.4) is 0 Å². The molecule has 2 aromatic carbocycles. The van der Waals surface area contributed by atoms with Gasteiger partial charge in [0.15, 0.2) is 11.5 Å². The summed E-state index contributed by atoms with van der Waals surface area (Å²) >= 11 is 3.51. The highest BCUT2D eigenvalue weighted by atomic mass is 79.9. The number of carbonyl (C=O) groups excluding carboxylic acids is 1. The van der Waals surface area contributed by atoms with Crippen LogP contribution in [-0.4, -0.2) is 20.1 Å². The zero-order chi connectivity index (χ0) is 16.8. The Labute approximate surface area is 144 Å². The van der Waals surface area contributed by atoms with E-state index in [1.54, 1.807) is 20.3 Å². The number of rotatable bonds is 6. The first-order valence-electron chi connectivity index (χ1n) is 7.30. The molecule has 1 N–H and O–H groups in total. The van der Waals surface area contributed by atoms with Crippen LogP contribution >= 0.6 is 15.9 Å². The molecule has 2 rings (SSSR count). The van der Waals surface area contributed by atoms with Crippen LogP contribution in [0.1, 0.15) is 24.1 Å². The minimum atomic E-state index is -0.0711. The van der Waals surface area contributed by atoms with Crippen LogP contribution in [0.25, 0.3) is 0 Å². The fraction of sp³-hybridized carbons (Fsp3) is 0.278. The Morgan fingerprint density at radius 2 is 1.83 bits per heavy atom. The van der Waals surface area contributed by atoms with Crippen LogP contribution in [0.15, 0.2) is 46.9 Å². The zero-order valence-corrected chi connectivity index (χ0v) is 15.0. The molecule has 0 saturated carbocycles. The lowest BCUT2D eigenvalue weighted by atomic mass is 10.1. The Morgan fingerprint density at radius 3 is 2.48 bits per heavy atom. The maximum Gasteiger partial charge on any atom is 0.224 e. The molecule has 0 saturated heterocycles. The topological polar surface area (TPSA) is 47.6 Å². The van der Waals surface area contributed by atoms with Crippen molar-refractivity contribution in [1.82, 2.24) is 5.32 Å². The molecule has 5 heteroatoms. The van der Waals surface area contributed by atoms with Crippen molar-refractivity contribution in [3.05, 3.63) is 58.1 Å². The van der Waals surface area contributed by atoms with E-state index in [-0.39, 0.29) is 18.4 Å². The largest absolute Gasteiger partial charge is 0.493 e. The molecule has 1 atom stereocenters. The minimum absolute atomic E-state index is 0.0412. The average molecular weight is 378 g/mol. The summed E-state index contributed by atoms with van der Waals surface area (Å²) in [5.41, 5.74) is 1.92. The monoisotopic (exact) mass is 377 g/mol. The molecule has 0 aliphatic heterocycles. The molecular weight excluding hydrogens is 358 g/mol. The van der Waals surface area contributed by atoms with E-state index >= 15 is 0 Å². The summed E-state index contributed by atoms with van der Waals surface area (Å²) in [6, 6.07) is 13.3. The van der Waals surface area contributed by atoms with E-state index in [9.17, 15) is 4.79 Å². The summed E-state index contributed by atoms with van der Waals surface area (Å²) in [6.45, 7) is 1.96. The van der Waals surface area contributed by atoms with Crippen molar-refractivity contribution < 1.29 is 14.3 Å². The van der Waals surface area contributed by atoms with Gasteiger partial charge in [0, 0.05) is 4.47 Å². The van der Waals surface area contributed by atoms with Crippen LogP contribution in [0.2, 0.25) is 0 Å². The molecule has 0 bridgehead atoms. The van der Waals surface area contributed by atoms with Gasteiger partial charge in [0.25, 0.3) is 0 Å². The summed E-state index contributed by atoms with van der Waals surface area (Å²) in [5, 5.41) is 3.01. The fourth-order valence-corrected chi connectivity index (χ4v) is 3.00. The molecule has 122 valence electrons. The summed E-state index contributed by atoms with van der Waals surface area (Å²) in [7, 11) is 3.17. The number of amides is 1. The molecule has 23 heavy (non-hydrogen) atoms. The zero-order valence-electron chi connectivity index (χ0n) is 13.4. The highest BCUT2D eigenvalue weighted by Crippen LogP contribution is 2.28. The quantitative estimate of drug-likeness (QED) is 0.830. The number of benzene rings is 2. The SMILES string of the molecule is COc1ccc(CC(=O)N[C@H](C)c2ccccc2Br)cc1OC. The normalized spacial score (nSPS) is 11.7. The van der Waals surface area contributed by atoms with Gasteiger partial charge in [-0.1, -0.05) is 40.2 Å². The van der Waals surface area contributed by atoms with Crippen LogP contribution in [0.4, 0.5) is 0 Å². The summed E-state index contributed by atoms with van der Waals surface area (Å²) in [5.74, 6) is 1.23. The van der Waals surface area contributed by atoms with Gasteiger partial charge in [-0.2, -0.15) is 0 Å². The second kappa shape index (κ2) is 8.02. The van der Waals surface area contributed by atoms with Gasteiger partial charge in [-0.3, -0.25) is 4.79 Å². The Bertz CT molecular complexity index is 688. The van der Waals surface area contributed by atoms with Crippen LogP contribution < -0.4 is 14.8 Å². The van der Waals surface area contributed by atoms with Crippen molar-refractivity contribution in [1.29, 1.82) is 0 Å². The van der Waals surface area contributed by atoms with Gasteiger partial charge in [0.05, 0.1) is 26.7 Å². The van der Waals surface area contributed by atoms with Crippen molar-refractivity contribution >= 4 is 21.8 Å². The van der Waals surface area contributed by atoms with E-state index in [1.165, 1.54) is 0 Å². The molecule has 1 amide bonds. The van der Waals surface area contributed by atoms with E-state index in [2.05, 4.69) is 21.2 Å². The average Bonchev–Trinajstić information content (AvgIpc) is 2.54. The van der Waals surface area contributed by atoms with Crippen molar-refractivity contribution in [3.8, 4) is 11.5 Å². The number of ether oxygens (including phenoxy) is 2. The third-order valence-electron chi connectivity index (χ3n) is 3.56. The van der Waals surface area contributed by atoms with Gasteiger partial charge < -0.3 is 14.8 Å². The Morgan fingerprint density at radius 1 is 1.13 bits per heavy atom. The molecule has 0 aliphatic carbocycles. The number of hydrogen-bond donors (Lipinski definition) is 1. The number of methoxy groups -OCH3 is 2. The first-order chi connectivity index (χ1) is 11.0. The molecule has 0 radical (unpaired) electrons. The predicted octanol–water partition coefficient (Wildman–Crippen LogP) is 3.89. The van der Waals surface area contributed by atoms with Crippen LogP contribution in [0, 0.1) is 0 Å². The van der Waals surface area contributed by atoms with Crippen LogP contribution in [0.5, 0.6) is 11.5 Å². The fourth-order valence-electron chi connectivity index (χ4n) is 2.37. The van der Waals surface area contributed by atoms with E-state index in [4.69, 9.17) is 9.47 Å². The maximum absolute atomic E-state index is 12.3. The highest BCUT2D eigenvalue weighted by Gasteiger charge is 2.13. The van der Waals surface area contributed by atoms with E-state index in [0.717, 1.165) is 15.6 Å². The molecule has 0 aromatic heterocycles. The number of halogens is 1. The van der Waals surface area contributed by atoms with Crippen molar-refractivity contribution in [2.24, 2.45) is 0 Å². The van der Waals surface area contributed by atoms with Crippen molar-refractivity contribution in [2.45, 2.75) is 19.4 Å². The number of hydrogen-bond acceptors (Lipinski definition) is 3. The summed E-state index contributed by atoms with van der Waals surface area (Å²) in [4.78, 5) is 12.3. The molecular formula is C18H20BrNO3. The first-order valence-corrected chi connectivity index (χ1v) is 8.09. The third kappa shape index (κ3) is 4.48. The lowest BCUT2D eigenvalue weighted by molar-refractivity contribution is -0.121. The maximum atomic E-state index is 12.3. The molecule has 0 heterocycles. The van der Waals surface area contributed by atoms with Crippen molar-refractivity contribution in [2.75, 3.05) is 14.2 Å². The molecule has 4 nitrogen and oxygen atoms in total. The van der Waals surface area contributed by atoms with Crippen molar-refractivity contribution in [3.63, 3.8) is 0 Å². The lowest BCUT2D eigenvalue weighted by Gasteiger charge is -2.16. The van der Waals surface area contributed by atoms with Gasteiger partial charge in [-0.15, -0.1) is 0 Å². The summed E-state index contributed by atoms with van der Waals surface area (Å²) in [6.07, 6.45) is 0.287. The standard InChI is InChI=1S/C18H20BrNO3/c1-12(14-6-4-5-7-15(14)19)20-18(21)11-13-8-9-16(22-2)17(10-13)23-3/h4-10,12H,11H2,1-3H3,(H,20,21)/t12-/m1/s1. The van der Waals surface area contributed by atoms with Gasteiger partial charge in [0.1, 0.15) is 0 Å². The minimum Gasteiger partial charge on any atom is -0.493 e. The second-order valence-corrected chi connectivity index (χ2v) is 6.03. The number of nitrogens with one attached hydrogen (secondary N) is 1. The van der Waals surface area contributed by atoms with Crippen LogP contribution in [-0.2, 0) is 11.2 Å². The second-order valence-electron chi connectivity index (χ2n) is 5.18. The van der Waals surface area contributed by atoms with Gasteiger partial charge in [-0.05, 0) is 36.2 Å². The predicted molar refractivity (Wildman–Crippen MR) is 93.9 cm³/mol. The molecule has 0 fully saturated rings. The van der Waals surface area contributed by atoms with E-state index in [0.29, 0.717) is 11.5 Å². The van der Waals surface area contributed by atoms with Gasteiger partial charge in [0.2, 0.25) is 5.91 Å². The molecule has 0 unspecified atom stereocenters. The molecule has 2 aromatic rings. The smallest absolute Gasteiger partial charge is 0.224 e. The Hall–Kier alpha value is -2.01. The molecule has 0 spiro atoms. The highest BCUT2D eigenvalue weighted by molar-refractivity contribution is 9.10. The Balaban J connectivity index is 2.03. The Kier molecular flexibility index (Phi) is 6.04. The van der Waals surface area contributed by atoms with E-state index in [1.807, 2.05) is 43.3 Å². The third-order valence-corrected chi connectivity index (χ3v) is 4.28. The first kappa shape index (κ1) is 17.3. The van der Waals surface area contributed by atoms with E-state index < -0.39 is 0 Å². The lowest BCUT2D eigenvalue weighted by Crippen LogP contribution is -2.28.